The number of esters is 1. The van der Waals surface area contributed by atoms with Crippen LogP contribution in [0.2, 0.25) is 5.02 Å². The molecule has 2 amide bonds. The fourth-order valence-corrected chi connectivity index (χ4v) is 5.79. The zero-order valence-corrected chi connectivity index (χ0v) is 23.8. The molecule has 2 heterocycles. The van der Waals surface area contributed by atoms with Crippen molar-refractivity contribution in [3.8, 4) is 6.07 Å². The van der Waals surface area contributed by atoms with Gasteiger partial charge in [-0.15, -0.1) is 0 Å². The molecule has 0 saturated heterocycles. The Morgan fingerprint density at radius 2 is 1.85 bits per heavy atom. The molecule has 12 heteroatoms. The van der Waals surface area contributed by atoms with Crippen molar-refractivity contribution >= 4 is 40.9 Å². The first kappa shape index (κ1) is 30.2. The number of hydrogen-bond acceptors (Lipinski definition) is 6. The van der Waals surface area contributed by atoms with Crippen LogP contribution in [0.15, 0.2) is 18.2 Å². The van der Waals surface area contributed by atoms with E-state index in [4.69, 9.17) is 16.3 Å². The molecule has 218 valence electrons. The summed E-state index contributed by atoms with van der Waals surface area (Å²) >= 11 is 6.50. The number of carbonyl (C=O) groups is 4. The minimum Gasteiger partial charge on any atom is -0.460 e. The van der Waals surface area contributed by atoms with Gasteiger partial charge < -0.3 is 19.9 Å². The van der Waals surface area contributed by atoms with Crippen LogP contribution >= 0.6 is 11.6 Å². The van der Waals surface area contributed by atoms with E-state index >= 15 is 0 Å². The Balaban J connectivity index is 1.47. The molecule has 1 fully saturated rings. The van der Waals surface area contributed by atoms with Crippen LogP contribution < -0.4 is 10.6 Å². The Morgan fingerprint density at radius 1 is 1.17 bits per heavy atom. The van der Waals surface area contributed by atoms with Gasteiger partial charge in [0.25, 0.3) is 17.6 Å². The molecular formula is C29H31ClF2N4O5. The molecule has 1 saturated carbocycles. The Labute approximate surface area is 241 Å². The molecule has 0 unspecified atom stereocenters. The van der Waals surface area contributed by atoms with Crippen molar-refractivity contribution in [2.45, 2.75) is 83.4 Å². The van der Waals surface area contributed by atoms with E-state index in [1.807, 2.05) is 0 Å². The Kier molecular flexibility index (Phi) is 8.54. The molecule has 41 heavy (non-hydrogen) atoms. The number of nitrogens with zero attached hydrogens (tertiary/aromatic N) is 2. The summed E-state index contributed by atoms with van der Waals surface area (Å²) in [6.45, 7) is 5.70. The summed E-state index contributed by atoms with van der Waals surface area (Å²) in [6, 6.07) is 5.00. The van der Waals surface area contributed by atoms with E-state index in [1.54, 1.807) is 20.8 Å². The van der Waals surface area contributed by atoms with Crippen molar-refractivity contribution in [2.24, 2.45) is 5.92 Å². The summed E-state index contributed by atoms with van der Waals surface area (Å²) in [5.41, 5.74) is -1.65. The lowest BCUT2D eigenvalue weighted by molar-refractivity contribution is -0.156. The lowest BCUT2D eigenvalue weighted by Crippen LogP contribution is -2.52. The number of nitrogens with one attached hydrogen (secondary N) is 2. The van der Waals surface area contributed by atoms with Gasteiger partial charge in [-0.3, -0.25) is 19.2 Å². The van der Waals surface area contributed by atoms with Gasteiger partial charge in [0.05, 0.1) is 16.7 Å². The van der Waals surface area contributed by atoms with E-state index < -0.39 is 40.4 Å². The minimum atomic E-state index is -1.29. The molecule has 4 rings (SSSR count). The summed E-state index contributed by atoms with van der Waals surface area (Å²) in [6.07, 6.45) is 2.67. The summed E-state index contributed by atoms with van der Waals surface area (Å²) in [5.74, 6) is -5.31. The van der Waals surface area contributed by atoms with E-state index in [9.17, 15) is 33.2 Å². The SMILES string of the molecule is CC(C)(C)OC(=O)CC1CCC(C#N)(NC(=O)C(=O)c2c(Cl)c(C(=O)Nc3ccc(F)c(F)c3)c3n2CCC3)CC1. The van der Waals surface area contributed by atoms with Gasteiger partial charge in [0.1, 0.15) is 16.8 Å². The number of amides is 2. The van der Waals surface area contributed by atoms with Gasteiger partial charge in [-0.05, 0) is 77.3 Å². The van der Waals surface area contributed by atoms with Crippen LogP contribution in [0.25, 0.3) is 0 Å². The smallest absolute Gasteiger partial charge is 0.306 e. The molecule has 2 N–H and O–H groups in total. The molecule has 1 aromatic heterocycles. The highest BCUT2D eigenvalue weighted by molar-refractivity contribution is 6.48. The largest absolute Gasteiger partial charge is 0.460 e. The molecule has 1 aromatic carbocycles. The first-order chi connectivity index (χ1) is 19.2. The van der Waals surface area contributed by atoms with Crippen LogP contribution in [0.3, 0.4) is 0 Å². The maximum absolute atomic E-state index is 13.6. The van der Waals surface area contributed by atoms with E-state index in [1.165, 1.54) is 10.6 Å². The number of rotatable bonds is 7. The number of Topliss-reactive ketones (excluding diaryl/α,β-unsaturated/α-hetero) is 1. The molecule has 0 spiro atoms. The van der Waals surface area contributed by atoms with Crippen molar-refractivity contribution < 1.29 is 32.7 Å². The molecule has 0 radical (unpaired) electrons. The van der Waals surface area contributed by atoms with Gasteiger partial charge in [0, 0.05) is 30.4 Å². The highest BCUT2D eigenvalue weighted by atomic mass is 35.5. The molecule has 0 bridgehead atoms. The monoisotopic (exact) mass is 588 g/mol. The van der Waals surface area contributed by atoms with Crippen molar-refractivity contribution in [1.29, 1.82) is 5.26 Å². The van der Waals surface area contributed by atoms with Gasteiger partial charge in [-0.1, -0.05) is 11.6 Å². The average molecular weight is 589 g/mol. The van der Waals surface area contributed by atoms with E-state index in [-0.39, 0.29) is 53.1 Å². The molecular weight excluding hydrogens is 558 g/mol. The molecule has 1 aliphatic heterocycles. The van der Waals surface area contributed by atoms with Crippen molar-refractivity contribution in [1.82, 2.24) is 9.88 Å². The summed E-state index contributed by atoms with van der Waals surface area (Å²) in [7, 11) is 0. The fourth-order valence-electron chi connectivity index (χ4n) is 5.41. The first-order valence-electron chi connectivity index (χ1n) is 13.4. The number of nitriles is 1. The molecule has 1 aliphatic carbocycles. The normalized spacial score (nSPS) is 20.1. The lowest BCUT2D eigenvalue weighted by Gasteiger charge is -2.35. The maximum atomic E-state index is 13.6. The third-order valence-electron chi connectivity index (χ3n) is 7.33. The molecule has 9 nitrogen and oxygen atoms in total. The molecule has 0 atom stereocenters. The predicted octanol–water partition coefficient (Wildman–Crippen LogP) is 5.10. The number of benzene rings is 1. The van der Waals surface area contributed by atoms with Gasteiger partial charge in [0.15, 0.2) is 11.6 Å². The highest BCUT2D eigenvalue weighted by Crippen LogP contribution is 2.36. The summed E-state index contributed by atoms with van der Waals surface area (Å²) in [4.78, 5) is 51.8. The fraction of sp³-hybridized carbons (Fsp3) is 0.483. The zero-order chi connectivity index (χ0) is 30.1. The minimum absolute atomic E-state index is 0.00762. The second-order valence-electron chi connectivity index (χ2n) is 11.5. The van der Waals surface area contributed by atoms with Gasteiger partial charge >= 0.3 is 5.97 Å². The number of hydrogen-bond donors (Lipinski definition) is 2. The number of ketones is 1. The lowest BCUT2D eigenvalue weighted by atomic mass is 9.76. The van der Waals surface area contributed by atoms with Crippen molar-refractivity contribution in [3.05, 3.63) is 51.8 Å². The van der Waals surface area contributed by atoms with Crippen LogP contribution in [0, 0.1) is 28.9 Å². The van der Waals surface area contributed by atoms with Gasteiger partial charge in [-0.25, -0.2) is 8.78 Å². The van der Waals surface area contributed by atoms with Crippen LogP contribution in [0.4, 0.5) is 14.5 Å². The van der Waals surface area contributed by atoms with Crippen LogP contribution in [0.1, 0.15) is 85.8 Å². The number of aromatic nitrogens is 1. The predicted molar refractivity (Wildman–Crippen MR) is 145 cm³/mol. The van der Waals surface area contributed by atoms with Crippen LogP contribution in [-0.2, 0) is 27.3 Å². The van der Waals surface area contributed by atoms with Crippen molar-refractivity contribution in [2.75, 3.05) is 5.32 Å². The zero-order valence-electron chi connectivity index (χ0n) is 23.0. The quantitative estimate of drug-likeness (QED) is 0.263. The standard InChI is InChI=1S/C29H31ClF2N4O5/c1-28(2,3)41-21(37)13-16-8-10-29(15-33,11-9-16)35-27(40)25(38)24-23(30)22(20-5-4-12-36(20)24)26(39)34-17-6-7-18(31)19(32)14-17/h6-7,14,16H,4-5,8-13H2,1-3H3,(H,34,39)(H,35,40). The van der Waals surface area contributed by atoms with Crippen molar-refractivity contribution in [3.63, 3.8) is 0 Å². The third kappa shape index (κ3) is 6.59. The highest BCUT2D eigenvalue weighted by Gasteiger charge is 2.41. The molecule has 2 aliphatic rings. The third-order valence-corrected chi connectivity index (χ3v) is 7.70. The second-order valence-corrected chi connectivity index (χ2v) is 11.9. The molecule has 2 aromatic rings. The maximum Gasteiger partial charge on any atom is 0.306 e. The topological polar surface area (TPSA) is 130 Å². The van der Waals surface area contributed by atoms with Crippen LogP contribution in [0.5, 0.6) is 0 Å². The number of carbonyl (C=O) groups excluding carboxylic acids is 4. The van der Waals surface area contributed by atoms with Gasteiger partial charge in [0.2, 0.25) is 0 Å². The average Bonchev–Trinajstić information content (AvgIpc) is 3.45. The van der Waals surface area contributed by atoms with E-state index in [0.29, 0.717) is 37.9 Å². The summed E-state index contributed by atoms with van der Waals surface area (Å²) < 4.78 is 33.8. The first-order valence-corrected chi connectivity index (χ1v) is 13.8. The van der Waals surface area contributed by atoms with Gasteiger partial charge in [-0.2, -0.15) is 5.26 Å². The Bertz CT molecular complexity index is 1450. The Morgan fingerprint density at radius 3 is 2.46 bits per heavy atom. The number of ether oxygens (including phenoxy) is 1. The van der Waals surface area contributed by atoms with Crippen LogP contribution in [-0.4, -0.2) is 39.3 Å². The number of fused-ring (bicyclic) bond motifs is 1. The number of halogens is 3. The van der Waals surface area contributed by atoms with E-state index in [0.717, 1.165) is 12.1 Å². The number of anilines is 1. The second kappa shape index (κ2) is 11.6. The van der Waals surface area contributed by atoms with E-state index in [2.05, 4.69) is 16.7 Å². The Hall–Kier alpha value is -3.78. The summed E-state index contributed by atoms with van der Waals surface area (Å²) in [5, 5.41) is 14.7.